The topological polar surface area (TPSA) is 43.8 Å². The van der Waals surface area contributed by atoms with Crippen molar-refractivity contribution in [2.75, 3.05) is 5.73 Å². The molecule has 0 atom stereocenters. The number of nitrogens with two attached hydrogens (primary N) is 1. The number of fused-ring (bicyclic) bond motifs is 1. The van der Waals surface area contributed by atoms with Crippen LogP contribution < -0.4 is 5.73 Å². The van der Waals surface area contributed by atoms with E-state index in [0.717, 1.165) is 4.57 Å². The monoisotopic (exact) mass is 403 g/mol. The van der Waals surface area contributed by atoms with Gasteiger partial charge in [0.25, 0.3) is 0 Å². The highest BCUT2D eigenvalue weighted by Crippen LogP contribution is 2.35. The van der Waals surface area contributed by atoms with Crippen LogP contribution in [0.5, 0.6) is 0 Å². The molecule has 0 bridgehead atoms. The summed E-state index contributed by atoms with van der Waals surface area (Å²) in [5, 5.41) is 0. The van der Waals surface area contributed by atoms with Crippen LogP contribution in [0.4, 0.5) is 18.9 Å². The number of aromatic nitrogens is 2. The maximum absolute atomic E-state index is 13.3. The van der Waals surface area contributed by atoms with E-state index in [1.54, 1.807) is 36.4 Å². The van der Waals surface area contributed by atoms with Crippen LogP contribution in [0.2, 0.25) is 0 Å². The molecule has 0 aliphatic carbocycles. The molecule has 2 aromatic carbocycles. The SMILES string of the molecule is Nc1ccc2c(c1)nc(C(F)(F)F)n2-c1ccccc1I. The molecule has 0 radical (unpaired) electrons. The van der Waals surface area contributed by atoms with Gasteiger partial charge >= 0.3 is 6.18 Å². The van der Waals surface area contributed by atoms with E-state index in [0.29, 0.717) is 20.5 Å². The summed E-state index contributed by atoms with van der Waals surface area (Å²) in [5.74, 6) is -0.952. The molecule has 0 amide bonds. The summed E-state index contributed by atoms with van der Waals surface area (Å²) in [6.07, 6.45) is -4.55. The van der Waals surface area contributed by atoms with E-state index in [-0.39, 0.29) is 5.52 Å². The van der Waals surface area contributed by atoms with E-state index >= 15 is 0 Å². The largest absolute Gasteiger partial charge is 0.450 e. The van der Waals surface area contributed by atoms with Gasteiger partial charge in [0.1, 0.15) is 0 Å². The van der Waals surface area contributed by atoms with Crippen molar-refractivity contribution >= 4 is 39.3 Å². The minimum atomic E-state index is -4.55. The normalized spacial score (nSPS) is 12.0. The first kappa shape index (κ1) is 14.2. The van der Waals surface area contributed by atoms with Crippen molar-refractivity contribution in [3.8, 4) is 5.69 Å². The van der Waals surface area contributed by atoms with Crippen LogP contribution in [0, 0.1) is 3.57 Å². The molecule has 1 heterocycles. The van der Waals surface area contributed by atoms with Crippen molar-refractivity contribution in [1.29, 1.82) is 0 Å². The van der Waals surface area contributed by atoms with Crippen LogP contribution in [-0.4, -0.2) is 9.55 Å². The molecular formula is C14H9F3IN3. The Labute approximate surface area is 131 Å². The number of imidazole rings is 1. The first-order chi connectivity index (χ1) is 9.88. The predicted molar refractivity (Wildman–Crippen MR) is 83.2 cm³/mol. The Bertz CT molecular complexity index is 824. The van der Waals surface area contributed by atoms with Crippen molar-refractivity contribution in [2.24, 2.45) is 0 Å². The Hall–Kier alpha value is -1.77. The molecule has 0 aliphatic heterocycles. The van der Waals surface area contributed by atoms with Gasteiger partial charge in [-0.3, -0.25) is 4.57 Å². The minimum absolute atomic E-state index is 0.224. The summed E-state index contributed by atoms with van der Waals surface area (Å²) in [4.78, 5) is 3.72. The summed E-state index contributed by atoms with van der Waals surface area (Å²) in [6.45, 7) is 0. The number of hydrogen-bond acceptors (Lipinski definition) is 2. The van der Waals surface area contributed by atoms with Crippen LogP contribution in [0.1, 0.15) is 5.82 Å². The third-order valence-electron chi connectivity index (χ3n) is 3.03. The number of nitrogen functional groups attached to an aromatic ring is 1. The van der Waals surface area contributed by atoms with Crippen molar-refractivity contribution in [1.82, 2.24) is 9.55 Å². The van der Waals surface area contributed by atoms with Crippen LogP contribution in [0.15, 0.2) is 42.5 Å². The summed E-state index contributed by atoms with van der Waals surface area (Å²) in [5.41, 5.74) is 7.05. The van der Waals surface area contributed by atoms with Gasteiger partial charge in [-0.1, -0.05) is 12.1 Å². The van der Waals surface area contributed by atoms with Gasteiger partial charge in [-0.15, -0.1) is 0 Å². The zero-order valence-electron chi connectivity index (χ0n) is 10.5. The molecule has 1 aromatic heterocycles. The second kappa shape index (κ2) is 4.90. The van der Waals surface area contributed by atoms with Crippen LogP contribution in [-0.2, 0) is 6.18 Å². The first-order valence-corrected chi connectivity index (χ1v) is 7.06. The number of alkyl halides is 3. The molecule has 108 valence electrons. The van der Waals surface area contributed by atoms with E-state index < -0.39 is 12.0 Å². The molecule has 0 aliphatic rings. The van der Waals surface area contributed by atoms with Crippen LogP contribution in [0.3, 0.4) is 0 Å². The zero-order valence-corrected chi connectivity index (χ0v) is 12.7. The number of para-hydroxylation sites is 1. The fourth-order valence-corrected chi connectivity index (χ4v) is 2.79. The van der Waals surface area contributed by atoms with E-state index in [1.807, 2.05) is 22.6 Å². The Balaban J connectivity index is 2.42. The quantitative estimate of drug-likeness (QED) is 0.488. The van der Waals surface area contributed by atoms with Gasteiger partial charge in [-0.25, -0.2) is 4.98 Å². The molecule has 3 aromatic rings. The first-order valence-electron chi connectivity index (χ1n) is 5.98. The highest BCUT2D eigenvalue weighted by Gasteiger charge is 2.38. The van der Waals surface area contributed by atoms with Crippen LogP contribution >= 0.6 is 22.6 Å². The highest BCUT2D eigenvalue weighted by atomic mass is 127. The molecular weight excluding hydrogens is 394 g/mol. The number of benzene rings is 2. The Kier molecular flexibility index (Phi) is 3.31. The van der Waals surface area contributed by atoms with E-state index in [2.05, 4.69) is 4.98 Å². The zero-order chi connectivity index (χ0) is 15.2. The van der Waals surface area contributed by atoms with Gasteiger partial charge in [-0.05, 0) is 52.9 Å². The second-order valence-corrected chi connectivity index (χ2v) is 5.63. The number of halogens is 4. The number of rotatable bonds is 1. The Morgan fingerprint density at radius 3 is 2.48 bits per heavy atom. The molecule has 3 rings (SSSR count). The molecule has 0 spiro atoms. The molecule has 7 heteroatoms. The van der Waals surface area contributed by atoms with E-state index in [9.17, 15) is 13.2 Å². The lowest BCUT2D eigenvalue weighted by molar-refractivity contribution is -0.145. The van der Waals surface area contributed by atoms with Gasteiger partial charge in [0.05, 0.1) is 16.7 Å². The molecule has 3 nitrogen and oxygen atoms in total. The molecule has 0 saturated heterocycles. The summed E-state index contributed by atoms with van der Waals surface area (Å²) >= 11 is 2.01. The fourth-order valence-electron chi connectivity index (χ4n) is 2.16. The van der Waals surface area contributed by atoms with Gasteiger partial charge in [0.15, 0.2) is 0 Å². The third kappa shape index (κ3) is 2.45. The standard InChI is InChI=1S/C14H9F3IN3/c15-14(16,17)13-20-10-7-8(19)5-6-12(10)21(13)11-4-2-1-3-9(11)18/h1-7H,19H2. The van der Waals surface area contributed by atoms with Gasteiger partial charge in [-0.2, -0.15) is 13.2 Å². The lowest BCUT2D eigenvalue weighted by Crippen LogP contribution is -2.14. The summed E-state index contributed by atoms with van der Waals surface area (Å²) < 4.78 is 41.7. The molecule has 0 unspecified atom stereocenters. The maximum atomic E-state index is 13.3. The lowest BCUT2D eigenvalue weighted by Gasteiger charge is -2.12. The second-order valence-electron chi connectivity index (χ2n) is 4.47. The number of nitrogens with zero attached hydrogens (tertiary/aromatic N) is 2. The minimum Gasteiger partial charge on any atom is -0.399 e. The molecule has 21 heavy (non-hydrogen) atoms. The smallest absolute Gasteiger partial charge is 0.399 e. The number of anilines is 1. The van der Waals surface area contributed by atoms with E-state index in [1.165, 1.54) is 6.07 Å². The van der Waals surface area contributed by atoms with Crippen molar-refractivity contribution < 1.29 is 13.2 Å². The average Bonchev–Trinajstić information content (AvgIpc) is 2.77. The highest BCUT2D eigenvalue weighted by molar-refractivity contribution is 14.1. The lowest BCUT2D eigenvalue weighted by atomic mass is 10.2. The third-order valence-corrected chi connectivity index (χ3v) is 3.94. The van der Waals surface area contributed by atoms with E-state index in [4.69, 9.17) is 5.73 Å². The Morgan fingerprint density at radius 1 is 1.10 bits per heavy atom. The van der Waals surface area contributed by atoms with Crippen molar-refractivity contribution in [3.63, 3.8) is 0 Å². The number of hydrogen-bond donors (Lipinski definition) is 1. The summed E-state index contributed by atoms with van der Waals surface area (Å²) in [7, 11) is 0. The van der Waals surface area contributed by atoms with Crippen molar-refractivity contribution in [2.45, 2.75) is 6.18 Å². The molecule has 0 saturated carbocycles. The summed E-state index contributed by atoms with van der Waals surface area (Å²) in [6, 6.07) is 11.4. The predicted octanol–water partition coefficient (Wildman–Crippen LogP) is 4.23. The van der Waals surface area contributed by atoms with Gasteiger partial charge in [0.2, 0.25) is 5.82 Å². The fraction of sp³-hybridized carbons (Fsp3) is 0.0714. The molecule has 0 fully saturated rings. The Morgan fingerprint density at radius 2 is 1.81 bits per heavy atom. The average molecular weight is 403 g/mol. The maximum Gasteiger partial charge on any atom is 0.450 e. The molecule has 2 N–H and O–H groups in total. The van der Waals surface area contributed by atoms with Gasteiger partial charge in [0, 0.05) is 9.26 Å². The van der Waals surface area contributed by atoms with Crippen molar-refractivity contribution in [3.05, 3.63) is 51.9 Å². The van der Waals surface area contributed by atoms with Crippen LogP contribution in [0.25, 0.3) is 16.7 Å². The van der Waals surface area contributed by atoms with Gasteiger partial charge < -0.3 is 5.73 Å².